The van der Waals surface area contributed by atoms with E-state index in [1.807, 2.05) is 0 Å². The summed E-state index contributed by atoms with van der Waals surface area (Å²) in [5.41, 5.74) is -2.77. The highest BCUT2D eigenvalue weighted by molar-refractivity contribution is 5.27. The molecule has 0 aliphatic heterocycles. The fourth-order valence-corrected chi connectivity index (χ4v) is 1.26. The monoisotopic (exact) mass is 239 g/mol. The van der Waals surface area contributed by atoms with E-state index in [0.717, 1.165) is 20.0 Å². The fourth-order valence-electron chi connectivity index (χ4n) is 1.26. The molecule has 0 aromatic heterocycles. The minimum atomic E-state index is -4.61. The Hall–Kier alpha value is -1.17. The van der Waals surface area contributed by atoms with E-state index >= 15 is 0 Å². The zero-order chi connectivity index (χ0) is 12.6. The summed E-state index contributed by atoms with van der Waals surface area (Å²) in [5.74, 6) is -2.48. The summed E-state index contributed by atoms with van der Waals surface area (Å²) in [6, 6.07) is 2.12. The Balaban J connectivity index is 3.29. The normalized spacial score (nSPS) is 15.9. The van der Waals surface area contributed by atoms with Crippen LogP contribution in [-0.2, 0) is 5.54 Å². The lowest BCUT2D eigenvalue weighted by Gasteiger charge is -2.32. The molecule has 0 saturated carbocycles. The molecule has 6 heteroatoms. The van der Waals surface area contributed by atoms with E-state index in [-0.39, 0.29) is 5.56 Å². The van der Waals surface area contributed by atoms with Gasteiger partial charge in [-0.25, -0.2) is 8.78 Å². The molecule has 1 aromatic carbocycles. The largest absolute Gasteiger partial charge is 0.410 e. The molecule has 0 radical (unpaired) electrons. The highest BCUT2D eigenvalue weighted by Gasteiger charge is 2.51. The molecule has 0 aliphatic carbocycles. The van der Waals surface area contributed by atoms with Gasteiger partial charge in [0.05, 0.1) is 0 Å². The fraction of sp³-hybridized carbons (Fsp3) is 0.400. The first-order valence-corrected chi connectivity index (χ1v) is 4.43. The van der Waals surface area contributed by atoms with Gasteiger partial charge in [-0.15, -0.1) is 0 Å². The molecule has 16 heavy (non-hydrogen) atoms. The van der Waals surface area contributed by atoms with Crippen LogP contribution in [0.3, 0.4) is 0 Å². The zero-order valence-electron chi connectivity index (χ0n) is 8.62. The van der Waals surface area contributed by atoms with Crippen molar-refractivity contribution in [2.45, 2.75) is 18.6 Å². The molecule has 1 rings (SSSR count). The Bertz CT molecular complexity index is 387. The van der Waals surface area contributed by atoms with Gasteiger partial charge < -0.3 is 5.32 Å². The van der Waals surface area contributed by atoms with Crippen LogP contribution in [0.2, 0.25) is 0 Å². The summed E-state index contributed by atoms with van der Waals surface area (Å²) in [5, 5.41) is 2.07. The van der Waals surface area contributed by atoms with Crippen LogP contribution in [0.1, 0.15) is 12.5 Å². The molecule has 0 saturated heterocycles. The van der Waals surface area contributed by atoms with Crippen molar-refractivity contribution in [3.05, 3.63) is 35.4 Å². The Morgan fingerprint density at radius 1 is 1.06 bits per heavy atom. The number of alkyl halides is 3. The molecule has 1 aromatic rings. The third kappa shape index (κ3) is 2.02. The molecule has 0 bridgehead atoms. The molecule has 0 fully saturated rings. The van der Waals surface area contributed by atoms with E-state index in [0.29, 0.717) is 12.1 Å². The first-order valence-electron chi connectivity index (χ1n) is 4.43. The predicted octanol–water partition coefficient (Wildman–Crippen LogP) is 2.96. The van der Waals surface area contributed by atoms with E-state index in [2.05, 4.69) is 5.32 Å². The average Bonchev–Trinajstić information content (AvgIpc) is 2.19. The van der Waals surface area contributed by atoms with Gasteiger partial charge in [0.25, 0.3) is 0 Å². The number of rotatable bonds is 2. The van der Waals surface area contributed by atoms with Crippen molar-refractivity contribution < 1.29 is 22.0 Å². The maximum atomic E-state index is 12.9. The molecular formula is C10H10F5N. The van der Waals surface area contributed by atoms with Crippen molar-refractivity contribution in [1.82, 2.24) is 5.32 Å². The second kappa shape index (κ2) is 4.01. The Kier molecular flexibility index (Phi) is 3.23. The number of hydrogen-bond acceptors (Lipinski definition) is 1. The summed E-state index contributed by atoms with van der Waals surface area (Å²) < 4.78 is 63.7. The van der Waals surface area contributed by atoms with Crippen LogP contribution in [0, 0.1) is 11.6 Å². The van der Waals surface area contributed by atoms with E-state index in [9.17, 15) is 22.0 Å². The van der Waals surface area contributed by atoms with Gasteiger partial charge >= 0.3 is 6.18 Å². The second-order valence-corrected chi connectivity index (χ2v) is 3.50. The third-order valence-electron chi connectivity index (χ3n) is 2.56. The molecule has 90 valence electrons. The SMILES string of the molecule is CNC(C)(c1ccc(F)c(F)c1)C(F)(F)F. The van der Waals surface area contributed by atoms with E-state index in [1.165, 1.54) is 0 Å². The molecule has 0 heterocycles. The highest BCUT2D eigenvalue weighted by Crippen LogP contribution is 2.38. The minimum Gasteiger partial charge on any atom is -0.303 e. The molecule has 0 amide bonds. The Labute approximate surface area is 89.3 Å². The summed E-state index contributed by atoms with van der Waals surface area (Å²) in [4.78, 5) is 0. The molecule has 1 atom stereocenters. The molecule has 0 aliphatic rings. The molecule has 0 spiro atoms. The maximum Gasteiger partial charge on any atom is 0.410 e. The van der Waals surface area contributed by atoms with Crippen molar-refractivity contribution in [3.63, 3.8) is 0 Å². The molecular weight excluding hydrogens is 229 g/mol. The lowest BCUT2D eigenvalue weighted by atomic mass is 9.91. The smallest absolute Gasteiger partial charge is 0.303 e. The number of nitrogens with one attached hydrogen (secondary N) is 1. The molecule has 1 N–H and O–H groups in total. The van der Waals surface area contributed by atoms with Crippen molar-refractivity contribution in [1.29, 1.82) is 0 Å². The van der Waals surface area contributed by atoms with Crippen LogP contribution < -0.4 is 5.32 Å². The van der Waals surface area contributed by atoms with Gasteiger partial charge in [-0.1, -0.05) is 6.07 Å². The summed E-state index contributed by atoms with van der Waals surface area (Å²) in [6.07, 6.45) is -4.61. The topological polar surface area (TPSA) is 12.0 Å². The summed E-state index contributed by atoms with van der Waals surface area (Å²) >= 11 is 0. The lowest BCUT2D eigenvalue weighted by molar-refractivity contribution is -0.193. The van der Waals surface area contributed by atoms with Crippen molar-refractivity contribution >= 4 is 0 Å². The minimum absolute atomic E-state index is 0.374. The van der Waals surface area contributed by atoms with E-state index in [1.54, 1.807) is 0 Å². The molecule has 1 nitrogen and oxygen atoms in total. The summed E-state index contributed by atoms with van der Waals surface area (Å²) in [6.45, 7) is 0.861. The predicted molar refractivity (Wildman–Crippen MR) is 48.8 cm³/mol. The average molecular weight is 239 g/mol. The van der Waals surface area contributed by atoms with Gasteiger partial charge in [-0.3, -0.25) is 0 Å². The van der Waals surface area contributed by atoms with Gasteiger partial charge in [0.15, 0.2) is 11.6 Å². The van der Waals surface area contributed by atoms with Gasteiger partial charge in [-0.2, -0.15) is 13.2 Å². The van der Waals surface area contributed by atoms with Crippen LogP contribution in [0.4, 0.5) is 22.0 Å². The van der Waals surface area contributed by atoms with Crippen LogP contribution >= 0.6 is 0 Å². The lowest BCUT2D eigenvalue weighted by Crippen LogP contribution is -2.50. The zero-order valence-corrected chi connectivity index (χ0v) is 8.62. The van der Waals surface area contributed by atoms with Crippen LogP contribution in [-0.4, -0.2) is 13.2 Å². The molecule has 1 unspecified atom stereocenters. The van der Waals surface area contributed by atoms with Gasteiger partial charge in [0, 0.05) is 0 Å². The Morgan fingerprint density at radius 3 is 2.00 bits per heavy atom. The highest BCUT2D eigenvalue weighted by atomic mass is 19.4. The number of halogens is 5. The first kappa shape index (κ1) is 12.9. The maximum absolute atomic E-state index is 12.9. The van der Waals surface area contributed by atoms with Gasteiger partial charge in [-0.05, 0) is 31.7 Å². The number of hydrogen-bond donors (Lipinski definition) is 1. The van der Waals surface area contributed by atoms with Crippen molar-refractivity contribution in [3.8, 4) is 0 Å². The van der Waals surface area contributed by atoms with E-state index in [4.69, 9.17) is 0 Å². The van der Waals surface area contributed by atoms with Crippen LogP contribution in [0.25, 0.3) is 0 Å². The quantitative estimate of drug-likeness (QED) is 0.782. The van der Waals surface area contributed by atoms with Crippen molar-refractivity contribution in [2.75, 3.05) is 7.05 Å². The second-order valence-electron chi connectivity index (χ2n) is 3.50. The third-order valence-corrected chi connectivity index (χ3v) is 2.56. The van der Waals surface area contributed by atoms with Crippen molar-refractivity contribution in [2.24, 2.45) is 0 Å². The standard InChI is InChI=1S/C10H10F5N/c1-9(16-2,10(13,14)15)6-3-4-7(11)8(12)5-6/h3-5,16H,1-2H3. The van der Waals surface area contributed by atoms with Crippen LogP contribution in [0.15, 0.2) is 18.2 Å². The van der Waals surface area contributed by atoms with Gasteiger partial charge in [0.1, 0.15) is 5.54 Å². The Morgan fingerprint density at radius 2 is 1.62 bits per heavy atom. The summed E-state index contributed by atoms with van der Waals surface area (Å²) in [7, 11) is 1.11. The van der Waals surface area contributed by atoms with Gasteiger partial charge in [0.2, 0.25) is 0 Å². The first-order chi connectivity index (χ1) is 7.22. The number of benzene rings is 1. The van der Waals surface area contributed by atoms with E-state index < -0.39 is 23.3 Å². The van der Waals surface area contributed by atoms with Crippen LogP contribution in [0.5, 0.6) is 0 Å².